The third-order valence-corrected chi connectivity index (χ3v) is 5.30. The Balaban J connectivity index is 0.000000367. The van der Waals surface area contributed by atoms with Crippen molar-refractivity contribution in [2.24, 2.45) is 0 Å². The van der Waals surface area contributed by atoms with Crippen molar-refractivity contribution in [3.63, 3.8) is 0 Å². The van der Waals surface area contributed by atoms with E-state index in [0.717, 1.165) is 72.8 Å². The number of nitrogens with zero attached hydrogens (tertiary/aromatic N) is 1. The third-order valence-electron chi connectivity index (χ3n) is 5.30. The summed E-state index contributed by atoms with van der Waals surface area (Å²) >= 11 is 0. The van der Waals surface area contributed by atoms with E-state index in [1.807, 2.05) is 32.0 Å². The standard InChI is InChI=1S/C18H23N3O3.C4H7NO/c1-11-8-15(6-7-23-11)20-16-5-4-14(9-17(16)19-10-22)18-12(2)21-24-13(18)3;6-4-2-1-3-5-4/h4-5,9-11,15,20H,6-8H2,1-3H3,(H,19,22);1-3H2,(H,5,6). The summed E-state index contributed by atoms with van der Waals surface area (Å²) in [7, 11) is 0. The van der Waals surface area contributed by atoms with E-state index >= 15 is 0 Å². The lowest BCUT2D eigenvalue weighted by atomic mass is 10.0. The largest absolute Gasteiger partial charge is 0.380 e. The topological polar surface area (TPSA) is 105 Å². The fourth-order valence-corrected chi connectivity index (χ4v) is 3.82. The first-order valence-corrected chi connectivity index (χ1v) is 10.4. The predicted octanol–water partition coefficient (Wildman–Crippen LogP) is 3.40. The Bertz CT molecular complexity index is 853. The van der Waals surface area contributed by atoms with Crippen molar-refractivity contribution in [1.82, 2.24) is 10.5 Å². The van der Waals surface area contributed by atoms with Crippen molar-refractivity contribution in [2.75, 3.05) is 23.8 Å². The van der Waals surface area contributed by atoms with Crippen molar-refractivity contribution >= 4 is 23.7 Å². The van der Waals surface area contributed by atoms with Gasteiger partial charge in [-0.2, -0.15) is 0 Å². The monoisotopic (exact) mass is 414 g/mol. The number of ether oxygens (including phenoxy) is 1. The molecule has 0 saturated carbocycles. The van der Waals surface area contributed by atoms with Gasteiger partial charge in [0.25, 0.3) is 0 Å². The van der Waals surface area contributed by atoms with E-state index in [2.05, 4.69) is 28.0 Å². The highest BCUT2D eigenvalue weighted by atomic mass is 16.5. The van der Waals surface area contributed by atoms with Crippen molar-refractivity contribution in [2.45, 2.75) is 58.6 Å². The average Bonchev–Trinajstić information content (AvgIpc) is 3.32. The molecule has 4 rings (SSSR count). The van der Waals surface area contributed by atoms with Gasteiger partial charge in [-0.05, 0) is 57.7 Å². The molecule has 1 aromatic carbocycles. The van der Waals surface area contributed by atoms with Crippen LogP contribution in [0.4, 0.5) is 11.4 Å². The zero-order chi connectivity index (χ0) is 21.5. The SMILES string of the molecule is Cc1noc(C)c1-c1ccc(NC2CCOC(C)C2)c(NC=O)c1.O=C1CCCN1. The summed E-state index contributed by atoms with van der Waals surface area (Å²) in [6.45, 7) is 7.52. The van der Waals surface area contributed by atoms with Gasteiger partial charge in [0.2, 0.25) is 12.3 Å². The molecule has 2 atom stereocenters. The van der Waals surface area contributed by atoms with Crippen molar-refractivity contribution < 1.29 is 18.8 Å². The van der Waals surface area contributed by atoms with Gasteiger partial charge < -0.3 is 25.2 Å². The lowest BCUT2D eigenvalue weighted by Gasteiger charge is -2.29. The van der Waals surface area contributed by atoms with Gasteiger partial charge >= 0.3 is 0 Å². The fraction of sp³-hybridized carbons (Fsp3) is 0.500. The number of hydrogen-bond acceptors (Lipinski definition) is 6. The van der Waals surface area contributed by atoms with E-state index in [-0.39, 0.29) is 12.0 Å². The zero-order valence-corrected chi connectivity index (χ0v) is 17.8. The highest BCUT2D eigenvalue weighted by Crippen LogP contribution is 2.33. The number of carbonyl (C=O) groups is 2. The lowest BCUT2D eigenvalue weighted by Crippen LogP contribution is -2.32. The van der Waals surface area contributed by atoms with Crippen LogP contribution in [0.1, 0.15) is 44.1 Å². The third kappa shape index (κ3) is 5.60. The van der Waals surface area contributed by atoms with Crippen LogP contribution in [0.15, 0.2) is 22.7 Å². The van der Waals surface area contributed by atoms with E-state index in [1.165, 1.54) is 0 Å². The number of benzene rings is 1. The molecule has 0 spiro atoms. The summed E-state index contributed by atoms with van der Waals surface area (Å²) in [5, 5.41) is 13.0. The van der Waals surface area contributed by atoms with Crippen LogP contribution in [-0.2, 0) is 14.3 Å². The maximum atomic E-state index is 11.0. The lowest BCUT2D eigenvalue weighted by molar-refractivity contribution is -0.119. The first-order chi connectivity index (χ1) is 14.5. The number of amides is 2. The highest BCUT2D eigenvalue weighted by Gasteiger charge is 2.20. The van der Waals surface area contributed by atoms with E-state index in [0.29, 0.717) is 12.5 Å². The van der Waals surface area contributed by atoms with Crippen molar-refractivity contribution in [1.29, 1.82) is 0 Å². The number of anilines is 2. The van der Waals surface area contributed by atoms with Crippen LogP contribution in [0.5, 0.6) is 0 Å². The molecular weight excluding hydrogens is 384 g/mol. The normalized spacial score (nSPS) is 20.7. The second-order valence-electron chi connectivity index (χ2n) is 7.72. The molecule has 2 fully saturated rings. The molecule has 2 aliphatic heterocycles. The van der Waals surface area contributed by atoms with Gasteiger partial charge in [0.15, 0.2) is 0 Å². The van der Waals surface area contributed by atoms with Crippen LogP contribution in [-0.4, -0.2) is 42.8 Å². The molecule has 2 aliphatic rings. The maximum absolute atomic E-state index is 11.0. The average molecular weight is 415 g/mol. The van der Waals surface area contributed by atoms with Crippen LogP contribution >= 0.6 is 0 Å². The van der Waals surface area contributed by atoms with Crippen LogP contribution in [0.2, 0.25) is 0 Å². The van der Waals surface area contributed by atoms with E-state index in [1.54, 1.807) is 0 Å². The minimum atomic E-state index is 0.204. The maximum Gasteiger partial charge on any atom is 0.220 e. The van der Waals surface area contributed by atoms with E-state index < -0.39 is 0 Å². The molecule has 30 heavy (non-hydrogen) atoms. The molecule has 2 aromatic rings. The van der Waals surface area contributed by atoms with Gasteiger partial charge in [0, 0.05) is 31.2 Å². The second-order valence-corrected chi connectivity index (χ2v) is 7.72. The quantitative estimate of drug-likeness (QED) is 0.648. The van der Waals surface area contributed by atoms with E-state index in [9.17, 15) is 9.59 Å². The molecule has 2 saturated heterocycles. The molecule has 0 radical (unpaired) electrons. The Morgan fingerprint density at radius 3 is 2.67 bits per heavy atom. The minimum absolute atomic E-state index is 0.204. The number of rotatable bonds is 5. The Morgan fingerprint density at radius 1 is 1.27 bits per heavy atom. The molecule has 2 amide bonds. The Labute approximate surface area is 176 Å². The molecule has 8 heteroatoms. The molecule has 8 nitrogen and oxygen atoms in total. The van der Waals surface area contributed by atoms with Crippen LogP contribution in [0.25, 0.3) is 11.1 Å². The number of hydrogen-bond donors (Lipinski definition) is 3. The number of aromatic nitrogens is 1. The molecule has 0 aliphatic carbocycles. The van der Waals surface area contributed by atoms with Crippen LogP contribution in [0.3, 0.4) is 0 Å². The number of carbonyl (C=O) groups excluding carboxylic acids is 2. The summed E-state index contributed by atoms with van der Waals surface area (Å²) in [4.78, 5) is 21.1. The van der Waals surface area contributed by atoms with Crippen molar-refractivity contribution in [3.8, 4) is 11.1 Å². The van der Waals surface area contributed by atoms with Gasteiger partial charge in [-0.15, -0.1) is 0 Å². The van der Waals surface area contributed by atoms with Gasteiger partial charge in [-0.3, -0.25) is 9.59 Å². The molecule has 2 unspecified atom stereocenters. The summed E-state index contributed by atoms with van der Waals surface area (Å²) in [5.74, 6) is 0.971. The van der Waals surface area contributed by atoms with Crippen LogP contribution in [0, 0.1) is 13.8 Å². The van der Waals surface area contributed by atoms with Crippen LogP contribution < -0.4 is 16.0 Å². The summed E-state index contributed by atoms with van der Waals surface area (Å²) in [6.07, 6.45) is 4.62. The number of nitrogens with one attached hydrogen (secondary N) is 3. The molecule has 162 valence electrons. The van der Waals surface area contributed by atoms with Gasteiger partial charge in [0.1, 0.15) is 5.76 Å². The second kappa shape index (κ2) is 10.2. The Hall–Kier alpha value is -2.87. The molecule has 3 N–H and O–H groups in total. The first kappa shape index (κ1) is 21.8. The summed E-state index contributed by atoms with van der Waals surface area (Å²) in [6, 6.07) is 6.30. The summed E-state index contributed by atoms with van der Waals surface area (Å²) < 4.78 is 10.8. The van der Waals surface area contributed by atoms with Gasteiger partial charge in [-0.1, -0.05) is 11.2 Å². The zero-order valence-electron chi connectivity index (χ0n) is 17.8. The predicted molar refractivity (Wildman–Crippen MR) is 115 cm³/mol. The number of aryl methyl sites for hydroxylation is 2. The Kier molecular flexibility index (Phi) is 7.46. The molecule has 3 heterocycles. The highest BCUT2D eigenvalue weighted by molar-refractivity contribution is 5.85. The van der Waals surface area contributed by atoms with Crippen molar-refractivity contribution in [3.05, 3.63) is 29.7 Å². The minimum Gasteiger partial charge on any atom is -0.380 e. The van der Waals surface area contributed by atoms with Gasteiger partial charge in [-0.25, -0.2) is 0 Å². The fourth-order valence-electron chi connectivity index (χ4n) is 3.82. The molecule has 0 bridgehead atoms. The first-order valence-electron chi connectivity index (χ1n) is 10.4. The summed E-state index contributed by atoms with van der Waals surface area (Å²) in [5.41, 5.74) is 4.44. The Morgan fingerprint density at radius 2 is 2.10 bits per heavy atom. The van der Waals surface area contributed by atoms with E-state index in [4.69, 9.17) is 9.26 Å². The van der Waals surface area contributed by atoms with Gasteiger partial charge in [0.05, 0.1) is 23.2 Å². The molecular formula is C22H30N4O4. The smallest absolute Gasteiger partial charge is 0.220 e. The molecule has 1 aromatic heterocycles.